The minimum atomic E-state index is -4.15. The van der Waals surface area contributed by atoms with Crippen LogP contribution in [0.4, 0.5) is 5.69 Å². The summed E-state index contributed by atoms with van der Waals surface area (Å²) in [5, 5.41) is 3.72. The number of hydrogen-bond acceptors (Lipinski definition) is 4. The van der Waals surface area contributed by atoms with E-state index in [9.17, 15) is 18.0 Å². The largest absolute Gasteiger partial charge is 0.354 e. The molecule has 0 aromatic heterocycles. The Morgan fingerprint density at radius 3 is 2.24 bits per heavy atom. The molecule has 2 amide bonds. The molecule has 10 heteroatoms. The van der Waals surface area contributed by atoms with E-state index in [1.165, 1.54) is 17.0 Å². The van der Waals surface area contributed by atoms with Gasteiger partial charge >= 0.3 is 0 Å². The number of nitrogens with zero attached hydrogens (tertiary/aromatic N) is 2. The summed E-state index contributed by atoms with van der Waals surface area (Å²) in [6, 6.07) is 18.8. The third-order valence-electron chi connectivity index (χ3n) is 6.10. The monoisotopic (exact) mass is 575 g/mol. The maximum Gasteiger partial charge on any atom is 0.264 e. The molecule has 0 bridgehead atoms. The lowest BCUT2D eigenvalue weighted by atomic mass is 10.1. The third-order valence-corrected chi connectivity index (χ3v) is 8.54. The van der Waals surface area contributed by atoms with Crippen LogP contribution in [0.1, 0.15) is 31.4 Å². The summed E-state index contributed by atoms with van der Waals surface area (Å²) in [4.78, 5) is 28.2. The van der Waals surface area contributed by atoms with Crippen molar-refractivity contribution < 1.29 is 18.0 Å². The van der Waals surface area contributed by atoms with E-state index >= 15 is 0 Å². The first kappa shape index (κ1) is 29.5. The normalized spacial score (nSPS) is 12.0. The van der Waals surface area contributed by atoms with E-state index in [2.05, 4.69) is 5.32 Å². The fraction of sp³-hybridized carbons (Fsp3) is 0.286. The van der Waals surface area contributed by atoms with E-state index in [-0.39, 0.29) is 23.0 Å². The van der Waals surface area contributed by atoms with Crippen LogP contribution in [-0.2, 0) is 26.2 Å². The van der Waals surface area contributed by atoms with Crippen molar-refractivity contribution in [2.75, 3.05) is 17.4 Å². The van der Waals surface area contributed by atoms with Crippen LogP contribution in [0.5, 0.6) is 0 Å². The molecule has 0 heterocycles. The zero-order valence-electron chi connectivity index (χ0n) is 21.5. The summed E-state index contributed by atoms with van der Waals surface area (Å²) >= 11 is 12.4. The van der Waals surface area contributed by atoms with Gasteiger partial charge < -0.3 is 10.2 Å². The lowest BCUT2D eigenvalue weighted by molar-refractivity contribution is -0.139. The van der Waals surface area contributed by atoms with Gasteiger partial charge in [-0.2, -0.15) is 0 Å². The number of anilines is 1. The highest BCUT2D eigenvalue weighted by atomic mass is 35.5. The first-order chi connectivity index (χ1) is 18.1. The Balaban J connectivity index is 2.04. The van der Waals surface area contributed by atoms with Gasteiger partial charge in [0.05, 0.1) is 10.6 Å². The summed E-state index contributed by atoms with van der Waals surface area (Å²) in [5.74, 6) is -0.872. The molecule has 0 unspecified atom stereocenters. The fourth-order valence-corrected chi connectivity index (χ4v) is 5.65. The topological polar surface area (TPSA) is 86.8 Å². The number of rotatable bonds is 11. The molecule has 3 rings (SSSR count). The molecule has 7 nitrogen and oxygen atoms in total. The van der Waals surface area contributed by atoms with Crippen LogP contribution in [0.3, 0.4) is 0 Å². The molecule has 3 aromatic carbocycles. The molecule has 1 N–H and O–H groups in total. The maximum atomic E-state index is 13.9. The van der Waals surface area contributed by atoms with E-state index < -0.39 is 28.5 Å². The summed E-state index contributed by atoms with van der Waals surface area (Å²) in [6.45, 7) is 5.27. The molecule has 0 aliphatic rings. The third kappa shape index (κ3) is 7.07. The molecule has 0 saturated heterocycles. The Kier molecular flexibility index (Phi) is 10.2. The highest BCUT2D eigenvalue weighted by Gasteiger charge is 2.33. The summed E-state index contributed by atoms with van der Waals surface area (Å²) in [5.41, 5.74) is 1.54. The molecule has 1 atom stereocenters. The van der Waals surface area contributed by atoms with Crippen molar-refractivity contribution >= 4 is 50.7 Å². The number of carbonyl (C=O) groups excluding carboxylic acids is 2. The van der Waals surface area contributed by atoms with Gasteiger partial charge in [0.25, 0.3) is 10.0 Å². The van der Waals surface area contributed by atoms with Crippen molar-refractivity contribution in [3.05, 3.63) is 94.0 Å². The van der Waals surface area contributed by atoms with Crippen molar-refractivity contribution in [1.29, 1.82) is 0 Å². The van der Waals surface area contributed by atoms with E-state index in [1.807, 2.05) is 6.92 Å². The molecule has 0 fully saturated rings. The molecule has 0 aliphatic carbocycles. The highest BCUT2D eigenvalue weighted by Crippen LogP contribution is 2.31. The predicted octanol–water partition coefficient (Wildman–Crippen LogP) is 5.44. The number of halogens is 2. The Morgan fingerprint density at radius 2 is 1.61 bits per heavy atom. The van der Waals surface area contributed by atoms with Gasteiger partial charge in [0.1, 0.15) is 12.6 Å². The molecule has 38 heavy (non-hydrogen) atoms. The van der Waals surface area contributed by atoms with Gasteiger partial charge in [-0.25, -0.2) is 8.42 Å². The van der Waals surface area contributed by atoms with E-state index in [1.54, 1.807) is 74.5 Å². The molecular formula is C28H31Cl2N3O4S. The van der Waals surface area contributed by atoms with Gasteiger partial charge in [0.2, 0.25) is 11.8 Å². The SMILES string of the molecule is CCCNC(=O)[C@@H](C)N(Cc1ccc(Cl)cc1)C(=O)CN(c1cccc(Cl)c1C)S(=O)(=O)c1ccccc1. The predicted molar refractivity (Wildman–Crippen MR) is 152 cm³/mol. The maximum absolute atomic E-state index is 13.9. The second-order valence-electron chi connectivity index (χ2n) is 8.82. The van der Waals surface area contributed by atoms with Crippen molar-refractivity contribution in [2.24, 2.45) is 0 Å². The molecule has 0 saturated carbocycles. The Labute approximate surface area is 234 Å². The van der Waals surface area contributed by atoms with Crippen LogP contribution in [0.15, 0.2) is 77.7 Å². The number of benzene rings is 3. The van der Waals surface area contributed by atoms with Gasteiger partial charge in [-0.1, -0.05) is 66.5 Å². The van der Waals surface area contributed by atoms with Crippen LogP contribution in [0.2, 0.25) is 10.0 Å². The Bertz CT molecular complexity index is 1370. The van der Waals surface area contributed by atoms with Crippen LogP contribution >= 0.6 is 23.2 Å². The average molecular weight is 577 g/mol. The Morgan fingerprint density at radius 1 is 0.947 bits per heavy atom. The number of nitrogens with one attached hydrogen (secondary N) is 1. The highest BCUT2D eigenvalue weighted by molar-refractivity contribution is 7.92. The molecule has 3 aromatic rings. The van der Waals surface area contributed by atoms with E-state index in [4.69, 9.17) is 23.2 Å². The fourth-order valence-electron chi connectivity index (χ4n) is 3.86. The first-order valence-corrected chi connectivity index (χ1v) is 14.4. The van der Waals surface area contributed by atoms with Gasteiger partial charge in [0.15, 0.2) is 0 Å². The van der Waals surface area contributed by atoms with Crippen LogP contribution < -0.4 is 9.62 Å². The lowest BCUT2D eigenvalue weighted by Gasteiger charge is -2.32. The number of carbonyl (C=O) groups is 2. The zero-order chi connectivity index (χ0) is 27.9. The van der Waals surface area contributed by atoms with Gasteiger partial charge in [-0.15, -0.1) is 0 Å². The second-order valence-corrected chi connectivity index (χ2v) is 11.5. The standard InChI is InChI=1S/C28H31Cl2N3O4S/c1-4-17-31-28(35)21(3)32(18-22-13-15-23(29)16-14-22)27(34)19-33(26-12-8-11-25(30)20(26)2)38(36,37)24-9-6-5-7-10-24/h5-16,21H,4,17-19H2,1-3H3,(H,31,35)/t21-/m1/s1. The van der Waals surface area contributed by atoms with Gasteiger partial charge in [0, 0.05) is 23.1 Å². The molecule has 202 valence electrons. The van der Waals surface area contributed by atoms with Crippen molar-refractivity contribution in [3.8, 4) is 0 Å². The summed E-state index contributed by atoms with van der Waals surface area (Å²) in [6.07, 6.45) is 0.737. The molecular weight excluding hydrogens is 545 g/mol. The summed E-state index contributed by atoms with van der Waals surface area (Å²) < 4.78 is 28.7. The number of amides is 2. The quantitative estimate of drug-likeness (QED) is 0.330. The molecule has 0 aliphatic heterocycles. The Hall–Kier alpha value is -3.07. The van der Waals surface area contributed by atoms with E-state index in [0.717, 1.165) is 16.3 Å². The lowest BCUT2D eigenvalue weighted by Crippen LogP contribution is -2.51. The first-order valence-electron chi connectivity index (χ1n) is 12.2. The van der Waals surface area contributed by atoms with Gasteiger partial charge in [-0.05, 0) is 67.8 Å². The zero-order valence-corrected chi connectivity index (χ0v) is 23.9. The molecule has 0 radical (unpaired) electrons. The molecule has 0 spiro atoms. The van der Waals surface area contributed by atoms with Crippen LogP contribution in [-0.4, -0.2) is 44.3 Å². The smallest absolute Gasteiger partial charge is 0.264 e. The number of hydrogen-bond donors (Lipinski definition) is 1. The summed E-state index contributed by atoms with van der Waals surface area (Å²) in [7, 11) is -4.15. The minimum absolute atomic E-state index is 0.0326. The minimum Gasteiger partial charge on any atom is -0.354 e. The van der Waals surface area contributed by atoms with Gasteiger partial charge in [-0.3, -0.25) is 13.9 Å². The number of sulfonamides is 1. The van der Waals surface area contributed by atoms with Crippen LogP contribution in [0, 0.1) is 6.92 Å². The van der Waals surface area contributed by atoms with Crippen molar-refractivity contribution in [3.63, 3.8) is 0 Å². The second kappa shape index (κ2) is 13.1. The van der Waals surface area contributed by atoms with Crippen LogP contribution in [0.25, 0.3) is 0 Å². The van der Waals surface area contributed by atoms with Crippen molar-refractivity contribution in [2.45, 2.75) is 44.7 Å². The average Bonchev–Trinajstić information content (AvgIpc) is 2.91. The van der Waals surface area contributed by atoms with E-state index in [0.29, 0.717) is 22.2 Å². The van der Waals surface area contributed by atoms with Crippen molar-refractivity contribution in [1.82, 2.24) is 10.2 Å².